The van der Waals surface area contributed by atoms with Crippen molar-refractivity contribution in [1.82, 2.24) is 0 Å². The summed E-state index contributed by atoms with van der Waals surface area (Å²) < 4.78 is 0. The van der Waals surface area contributed by atoms with Crippen LogP contribution in [0.25, 0.3) is 0 Å². The van der Waals surface area contributed by atoms with Gasteiger partial charge in [-0.1, -0.05) is 11.6 Å². The normalized spacial score (nSPS) is 56.0. The number of rotatable bonds is 0. The quantitative estimate of drug-likeness (QED) is 0.414. The zero-order valence-electron chi connectivity index (χ0n) is 4.93. The second-order valence-corrected chi connectivity index (χ2v) is 3.47. The molecule has 0 saturated heterocycles. The summed E-state index contributed by atoms with van der Waals surface area (Å²) in [4.78, 5) is 0. The lowest BCUT2D eigenvalue weighted by molar-refractivity contribution is 0.279. The van der Waals surface area contributed by atoms with Crippen molar-refractivity contribution < 1.29 is 0 Å². The van der Waals surface area contributed by atoms with E-state index in [1.807, 2.05) is 5.57 Å². The van der Waals surface area contributed by atoms with Crippen LogP contribution in [0.4, 0.5) is 0 Å². The Kier molecular flexibility index (Phi) is 0.415. The summed E-state index contributed by atoms with van der Waals surface area (Å²) in [6, 6.07) is 0. The van der Waals surface area contributed by atoms with E-state index in [0.29, 0.717) is 0 Å². The van der Waals surface area contributed by atoms with Crippen LogP contribution in [0.3, 0.4) is 0 Å². The monoisotopic (exact) mass is 106 g/mol. The van der Waals surface area contributed by atoms with Crippen LogP contribution in [0.5, 0.6) is 0 Å². The van der Waals surface area contributed by atoms with E-state index in [-0.39, 0.29) is 0 Å². The molecule has 0 aromatic carbocycles. The number of hydrogen-bond donors (Lipinski definition) is 0. The predicted molar refractivity (Wildman–Crippen MR) is 32.4 cm³/mol. The Hall–Kier alpha value is -0.260. The average molecular weight is 106 g/mol. The molecule has 2 bridgehead atoms. The highest BCUT2D eigenvalue weighted by molar-refractivity contribution is 5.32. The van der Waals surface area contributed by atoms with Gasteiger partial charge in [-0.3, -0.25) is 0 Å². The molecule has 4 rings (SSSR count). The third-order valence-corrected chi connectivity index (χ3v) is 3.25. The van der Waals surface area contributed by atoms with Gasteiger partial charge in [-0.25, -0.2) is 0 Å². The minimum Gasteiger partial charge on any atom is -0.0841 e. The Bertz CT molecular complexity index is 161. The van der Waals surface area contributed by atoms with Crippen molar-refractivity contribution >= 4 is 0 Å². The first kappa shape index (κ1) is 3.71. The Morgan fingerprint density at radius 2 is 2.25 bits per heavy atom. The van der Waals surface area contributed by atoms with Crippen LogP contribution in [-0.2, 0) is 0 Å². The van der Waals surface area contributed by atoms with Crippen LogP contribution in [0.1, 0.15) is 19.3 Å². The Labute approximate surface area is 49.6 Å². The molecule has 0 aromatic rings. The first-order valence-electron chi connectivity index (χ1n) is 3.65. The molecule has 0 N–H and O–H groups in total. The van der Waals surface area contributed by atoms with Crippen molar-refractivity contribution in [3.63, 3.8) is 0 Å². The molecule has 0 heterocycles. The molecule has 0 spiro atoms. The van der Waals surface area contributed by atoms with Crippen LogP contribution in [0, 0.1) is 17.8 Å². The van der Waals surface area contributed by atoms with Gasteiger partial charge in [-0.2, -0.15) is 0 Å². The third kappa shape index (κ3) is 0.211. The van der Waals surface area contributed by atoms with E-state index in [1.165, 1.54) is 6.42 Å². The molecule has 0 nitrogen and oxygen atoms in total. The van der Waals surface area contributed by atoms with Crippen LogP contribution < -0.4 is 0 Å². The fraction of sp³-hybridized carbons (Fsp3) is 0.750. The van der Waals surface area contributed by atoms with Crippen LogP contribution in [-0.4, -0.2) is 0 Å². The largest absolute Gasteiger partial charge is 0.0841 e. The number of hydrogen-bond acceptors (Lipinski definition) is 0. The molecule has 3 fully saturated rings. The maximum atomic E-state index is 2.46. The van der Waals surface area contributed by atoms with Gasteiger partial charge in [0.05, 0.1) is 0 Å². The van der Waals surface area contributed by atoms with E-state index in [1.54, 1.807) is 12.8 Å². The van der Waals surface area contributed by atoms with E-state index in [9.17, 15) is 0 Å². The van der Waals surface area contributed by atoms with Gasteiger partial charge in [0.2, 0.25) is 0 Å². The van der Waals surface area contributed by atoms with Crippen LogP contribution in [0.2, 0.25) is 0 Å². The van der Waals surface area contributed by atoms with Crippen molar-refractivity contribution in [3.05, 3.63) is 11.6 Å². The second kappa shape index (κ2) is 0.896. The lowest BCUT2D eigenvalue weighted by atomic mass is 9.82. The molecular formula is C8H10. The summed E-state index contributed by atoms with van der Waals surface area (Å²) in [5.41, 5.74) is 1.84. The first-order chi connectivity index (χ1) is 3.95. The zero-order valence-corrected chi connectivity index (χ0v) is 4.93. The fourth-order valence-electron chi connectivity index (χ4n) is 2.59. The zero-order chi connectivity index (χ0) is 5.14. The molecule has 4 aliphatic rings. The number of allylic oxidation sites excluding steroid dienone is 2. The minimum absolute atomic E-state index is 1.08. The summed E-state index contributed by atoms with van der Waals surface area (Å²) in [7, 11) is 0. The van der Waals surface area contributed by atoms with E-state index in [4.69, 9.17) is 0 Å². The van der Waals surface area contributed by atoms with E-state index in [0.717, 1.165) is 17.8 Å². The van der Waals surface area contributed by atoms with Gasteiger partial charge in [0.25, 0.3) is 0 Å². The molecule has 1 atom stereocenters. The van der Waals surface area contributed by atoms with Gasteiger partial charge < -0.3 is 0 Å². The van der Waals surface area contributed by atoms with Gasteiger partial charge in [0.15, 0.2) is 0 Å². The van der Waals surface area contributed by atoms with Gasteiger partial charge in [0, 0.05) is 0 Å². The second-order valence-electron chi connectivity index (χ2n) is 3.47. The topological polar surface area (TPSA) is 0 Å². The average Bonchev–Trinajstić information content (AvgIpc) is 1.82. The van der Waals surface area contributed by atoms with E-state index < -0.39 is 0 Å². The van der Waals surface area contributed by atoms with Crippen molar-refractivity contribution in [1.29, 1.82) is 0 Å². The highest BCUT2D eigenvalue weighted by Crippen LogP contribution is 2.61. The molecule has 42 valence electrons. The molecule has 0 amide bonds. The van der Waals surface area contributed by atoms with Gasteiger partial charge in [-0.15, -0.1) is 0 Å². The highest BCUT2D eigenvalue weighted by Gasteiger charge is 2.50. The SMILES string of the molecule is C1=C2C3CC(C3)C2C1. The third-order valence-electron chi connectivity index (χ3n) is 3.25. The highest BCUT2D eigenvalue weighted by atomic mass is 14.5. The smallest absolute Gasteiger partial charge is 0.0137 e. The van der Waals surface area contributed by atoms with Gasteiger partial charge >= 0.3 is 0 Å². The Morgan fingerprint density at radius 3 is 2.50 bits per heavy atom. The van der Waals surface area contributed by atoms with Crippen molar-refractivity contribution in [2.45, 2.75) is 19.3 Å². The maximum Gasteiger partial charge on any atom is -0.0137 e. The maximum absolute atomic E-state index is 2.46. The Morgan fingerprint density at radius 1 is 1.38 bits per heavy atom. The Balaban J connectivity index is 2.15. The summed E-state index contributed by atoms with van der Waals surface area (Å²) >= 11 is 0. The standard InChI is InChI=1S/C8H10/c1-2-8-6-3-5(4-6)7(1)8/h1,5-6,8H,2-4H2. The molecule has 0 aromatic heterocycles. The van der Waals surface area contributed by atoms with Gasteiger partial charge in [0.1, 0.15) is 0 Å². The molecule has 0 heteroatoms. The fourth-order valence-corrected chi connectivity index (χ4v) is 2.59. The molecular weight excluding hydrogens is 96.1 g/mol. The lowest BCUT2D eigenvalue weighted by Gasteiger charge is -2.22. The van der Waals surface area contributed by atoms with Gasteiger partial charge in [-0.05, 0) is 37.0 Å². The molecule has 0 radical (unpaired) electrons. The van der Waals surface area contributed by atoms with Crippen molar-refractivity contribution in [2.75, 3.05) is 0 Å². The first-order valence-corrected chi connectivity index (χ1v) is 3.65. The summed E-state index contributed by atoms with van der Waals surface area (Å²) in [6.07, 6.45) is 6.99. The minimum atomic E-state index is 1.08. The van der Waals surface area contributed by atoms with Crippen molar-refractivity contribution in [3.8, 4) is 0 Å². The molecule has 1 unspecified atom stereocenters. The summed E-state index contributed by atoms with van der Waals surface area (Å²) in [5.74, 6) is 3.33. The summed E-state index contributed by atoms with van der Waals surface area (Å²) in [6.45, 7) is 0. The summed E-state index contributed by atoms with van der Waals surface area (Å²) in [5, 5.41) is 0. The van der Waals surface area contributed by atoms with E-state index in [2.05, 4.69) is 6.08 Å². The molecule has 0 aliphatic heterocycles. The van der Waals surface area contributed by atoms with Crippen LogP contribution in [0.15, 0.2) is 11.6 Å². The molecule has 3 saturated carbocycles. The lowest BCUT2D eigenvalue weighted by Crippen LogP contribution is -2.13. The molecule has 4 aliphatic carbocycles. The predicted octanol–water partition coefficient (Wildman–Crippen LogP) is 1.97. The van der Waals surface area contributed by atoms with Crippen molar-refractivity contribution in [2.24, 2.45) is 17.8 Å². The molecule has 8 heavy (non-hydrogen) atoms. The van der Waals surface area contributed by atoms with Crippen LogP contribution >= 0.6 is 0 Å². The van der Waals surface area contributed by atoms with E-state index >= 15 is 0 Å².